The third-order valence-electron chi connectivity index (χ3n) is 2.90. The maximum Gasteiger partial charge on any atom is 0.338 e. The lowest BCUT2D eigenvalue weighted by molar-refractivity contribution is 0.0222. The molecule has 1 aliphatic rings. The van der Waals surface area contributed by atoms with Gasteiger partial charge in [-0.15, -0.1) is 0 Å². The van der Waals surface area contributed by atoms with Crippen LogP contribution in [0.5, 0.6) is 0 Å². The predicted octanol–water partition coefficient (Wildman–Crippen LogP) is 1.21. The minimum atomic E-state index is -3.67. The Morgan fingerprint density at radius 1 is 1.39 bits per heavy atom. The monoisotopic (exact) mass is 271 g/mol. The first-order valence-corrected chi connectivity index (χ1v) is 7.27. The highest BCUT2D eigenvalue weighted by Crippen LogP contribution is 2.19. The van der Waals surface area contributed by atoms with Crippen molar-refractivity contribution < 1.29 is 17.3 Å². The van der Waals surface area contributed by atoms with Crippen LogP contribution in [0, 0.1) is 0 Å². The van der Waals surface area contributed by atoms with E-state index in [2.05, 4.69) is 4.72 Å². The quantitative estimate of drug-likeness (QED) is 0.894. The Morgan fingerprint density at radius 3 is 2.78 bits per heavy atom. The van der Waals surface area contributed by atoms with Crippen LogP contribution in [-0.2, 0) is 25.6 Å². The third kappa shape index (κ3) is 3.78. The van der Waals surface area contributed by atoms with Gasteiger partial charge in [0.05, 0.1) is 6.10 Å². The number of benzene rings is 1. The van der Waals surface area contributed by atoms with Crippen LogP contribution in [0.2, 0.25) is 0 Å². The van der Waals surface area contributed by atoms with E-state index in [9.17, 15) is 8.42 Å². The fourth-order valence-electron chi connectivity index (χ4n) is 1.98. The van der Waals surface area contributed by atoms with Gasteiger partial charge in [-0.2, -0.15) is 13.1 Å². The molecule has 0 bridgehead atoms. The first kappa shape index (κ1) is 13.5. The molecule has 1 aromatic carbocycles. The number of hydrogen-bond acceptors (Lipinski definition) is 4. The first-order valence-electron chi connectivity index (χ1n) is 5.86. The van der Waals surface area contributed by atoms with Gasteiger partial charge < -0.3 is 4.74 Å². The Kier molecular flexibility index (Phi) is 4.34. The van der Waals surface area contributed by atoms with Gasteiger partial charge in [0.15, 0.2) is 0 Å². The first-order chi connectivity index (χ1) is 8.59. The summed E-state index contributed by atoms with van der Waals surface area (Å²) in [5, 5.41) is 0. The molecule has 18 heavy (non-hydrogen) atoms. The van der Waals surface area contributed by atoms with Crippen molar-refractivity contribution >= 4 is 10.3 Å². The number of hydrogen-bond donors (Lipinski definition) is 1. The Labute approximate surface area is 107 Å². The Morgan fingerprint density at radius 2 is 2.11 bits per heavy atom. The molecule has 0 amide bonds. The number of ether oxygens (including phenoxy) is 1. The Balaban J connectivity index is 1.93. The van der Waals surface area contributed by atoms with E-state index in [0.29, 0.717) is 12.8 Å². The van der Waals surface area contributed by atoms with E-state index >= 15 is 0 Å². The second-order valence-electron chi connectivity index (χ2n) is 4.27. The van der Waals surface area contributed by atoms with Crippen molar-refractivity contribution in [2.45, 2.75) is 31.6 Å². The molecule has 2 atom stereocenters. The average Bonchev–Trinajstić information content (AvgIpc) is 2.36. The predicted molar refractivity (Wildman–Crippen MR) is 67.1 cm³/mol. The van der Waals surface area contributed by atoms with Crippen LogP contribution in [-0.4, -0.2) is 27.9 Å². The van der Waals surface area contributed by atoms with Crippen LogP contribution < -0.4 is 4.72 Å². The molecule has 1 unspecified atom stereocenters. The van der Waals surface area contributed by atoms with E-state index in [0.717, 1.165) is 6.42 Å². The highest BCUT2D eigenvalue weighted by atomic mass is 32.2. The standard InChI is InChI=1S/C12H17NO4S/c1-16-12-9-11(17-18(14,15)13-12)8-7-10-5-3-2-4-6-10/h2-6,11-13H,7-9H2,1H3/t11-,12?/m0/s1. The summed E-state index contributed by atoms with van der Waals surface area (Å²) in [6.45, 7) is 0. The van der Waals surface area contributed by atoms with Gasteiger partial charge in [0.25, 0.3) is 0 Å². The molecule has 100 valence electrons. The zero-order valence-corrected chi connectivity index (χ0v) is 11.0. The van der Waals surface area contributed by atoms with Crippen molar-refractivity contribution in [1.82, 2.24) is 4.72 Å². The molecule has 2 rings (SSSR count). The third-order valence-corrected chi connectivity index (χ3v) is 3.97. The summed E-state index contributed by atoms with van der Waals surface area (Å²) < 4.78 is 35.2. The van der Waals surface area contributed by atoms with Gasteiger partial charge in [0, 0.05) is 13.5 Å². The van der Waals surface area contributed by atoms with Crippen LogP contribution in [0.25, 0.3) is 0 Å². The van der Waals surface area contributed by atoms with Gasteiger partial charge in [-0.05, 0) is 18.4 Å². The van der Waals surface area contributed by atoms with Gasteiger partial charge in [0.2, 0.25) is 0 Å². The van der Waals surface area contributed by atoms with E-state index in [1.807, 2.05) is 30.3 Å². The van der Waals surface area contributed by atoms with Gasteiger partial charge in [0.1, 0.15) is 6.23 Å². The van der Waals surface area contributed by atoms with Crippen LogP contribution in [0.4, 0.5) is 0 Å². The number of nitrogens with one attached hydrogen (secondary N) is 1. The van der Waals surface area contributed by atoms with Crippen molar-refractivity contribution in [3.05, 3.63) is 35.9 Å². The van der Waals surface area contributed by atoms with Crippen LogP contribution in [0.1, 0.15) is 18.4 Å². The van der Waals surface area contributed by atoms with Crippen molar-refractivity contribution in [3.8, 4) is 0 Å². The normalized spacial score (nSPS) is 26.9. The Hall–Kier alpha value is -0.950. The van der Waals surface area contributed by atoms with E-state index in [4.69, 9.17) is 8.92 Å². The fourth-order valence-corrected chi connectivity index (χ4v) is 3.08. The molecule has 1 saturated heterocycles. The van der Waals surface area contributed by atoms with Gasteiger partial charge in [-0.3, -0.25) is 4.18 Å². The maximum absolute atomic E-state index is 11.4. The van der Waals surface area contributed by atoms with Crippen LogP contribution in [0.3, 0.4) is 0 Å². The molecule has 1 fully saturated rings. The van der Waals surface area contributed by atoms with Crippen molar-refractivity contribution in [1.29, 1.82) is 0 Å². The second-order valence-corrected chi connectivity index (χ2v) is 5.61. The highest BCUT2D eigenvalue weighted by Gasteiger charge is 2.31. The van der Waals surface area contributed by atoms with Crippen LogP contribution >= 0.6 is 0 Å². The summed E-state index contributed by atoms with van der Waals surface area (Å²) >= 11 is 0. The molecule has 0 radical (unpaired) electrons. The van der Waals surface area contributed by atoms with Gasteiger partial charge in [-0.25, -0.2) is 0 Å². The van der Waals surface area contributed by atoms with Crippen molar-refractivity contribution in [3.63, 3.8) is 0 Å². The van der Waals surface area contributed by atoms with E-state index in [1.54, 1.807) is 0 Å². The molecule has 6 heteroatoms. The SMILES string of the molecule is COC1C[C@H](CCc2ccccc2)OS(=O)(=O)N1. The molecule has 1 N–H and O–H groups in total. The number of rotatable bonds is 4. The second kappa shape index (κ2) is 5.79. The summed E-state index contributed by atoms with van der Waals surface area (Å²) in [4.78, 5) is 0. The molecule has 1 aromatic rings. The zero-order valence-electron chi connectivity index (χ0n) is 10.2. The molecule has 0 saturated carbocycles. The smallest absolute Gasteiger partial charge is 0.338 e. The molecule has 1 heterocycles. The Bertz CT molecular complexity index is 474. The summed E-state index contributed by atoms with van der Waals surface area (Å²) in [6.07, 6.45) is 1.15. The summed E-state index contributed by atoms with van der Waals surface area (Å²) in [5.41, 5.74) is 1.17. The lowest BCUT2D eigenvalue weighted by Crippen LogP contribution is -2.46. The topological polar surface area (TPSA) is 64.6 Å². The molecule has 5 nitrogen and oxygen atoms in total. The van der Waals surface area contributed by atoms with E-state index in [-0.39, 0.29) is 6.10 Å². The molecule has 0 aliphatic carbocycles. The van der Waals surface area contributed by atoms with Crippen molar-refractivity contribution in [2.24, 2.45) is 0 Å². The fraction of sp³-hybridized carbons (Fsp3) is 0.500. The lowest BCUT2D eigenvalue weighted by atomic mass is 10.0. The number of methoxy groups -OCH3 is 1. The van der Waals surface area contributed by atoms with Gasteiger partial charge >= 0.3 is 10.3 Å². The minimum absolute atomic E-state index is 0.332. The molecular weight excluding hydrogens is 254 g/mol. The maximum atomic E-state index is 11.4. The largest absolute Gasteiger partial charge is 0.365 e. The summed E-state index contributed by atoms with van der Waals surface area (Å²) in [5.74, 6) is 0. The molecule has 0 spiro atoms. The van der Waals surface area contributed by atoms with E-state index < -0.39 is 16.5 Å². The summed E-state index contributed by atoms with van der Waals surface area (Å²) in [7, 11) is -2.19. The molecule has 0 aromatic heterocycles. The number of aryl methyl sites for hydroxylation is 1. The molecule has 1 aliphatic heterocycles. The summed E-state index contributed by atoms with van der Waals surface area (Å²) in [6, 6.07) is 9.92. The van der Waals surface area contributed by atoms with Crippen LogP contribution in [0.15, 0.2) is 30.3 Å². The van der Waals surface area contributed by atoms with Crippen molar-refractivity contribution in [2.75, 3.05) is 7.11 Å². The van der Waals surface area contributed by atoms with E-state index in [1.165, 1.54) is 12.7 Å². The molecular formula is C12H17NO4S. The zero-order chi connectivity index (χ0) is 13.0. The minimum Gasteiger partial charge on any atom is -0.365 e. The average molecular weight is 271 g/mol. The lowest BCUT2D eigenvalue weighted by Gasteiger charge is -2.28. The highest BCUT2D eigenvalue weighted by molar-refractivity contribution is 7.84. The van der Waals surface area contributed by atoms with Gasteiger partial charge in [-0.1, -0.05) is 30.3 Å².